The van der Waals surface area contributed by atoms with E-state index in [1.54, 1.807) is 11.8 Å². The van der Waals surface area contributed by atoms with E-state index in [-0.39, 0.29) is 10.5 Å². The molecule has 1 fully saturated rings. The van der Waals surface area contributed by atoms with E-state index >= 15 is 0 Å². The first-order chi connectivity index (χ1) is 8.54. The van der Waals surface area contributed by atoms with Crippen LogP contribution in [0.4, 0.5) is 0 Å². The van der Waals surface area contributed by atoms with Gasteiger partial charge < -0.3 is 5.32 Å². The molecule has 0 aromatic carbocycles. The van der Waals surface area contributed by atoms with Gasteiger partial charge in [0.2, 0.25) is 10.0 Å². The minimum absolute atomic E-state index is 0.204. The number of hydrogen-bond acceptors (Lipinski definition) is 4. The second kappa shape index (κ2) is 7.72. The minimum Gasteiger partial charge on any atom is -0.317 e. The molecule has 0 aromatic rings. The largest absolute Gasteiger partial charge is 0.317 e. The molecule has 0 spiro atoms. The van der Waals surface area contributed by atoms with E-state index < -0.39 is 10.0 Å². The van der Waals surface area contributed by atoms with Crippen LogP contribution in [0, 0.1) is 0 Å². The Balaban J connectivity index is 2.08. The molecule has 18 heavy (non-hydrogen) atoms. The third-order valence-corrected chi connectivity index (χ3v) is 6.13. The van der Waals surface area contributed by atoms with Crippen molar-refractivity contribution in [2.75, 3.05) is 31.6 Å². The second-order valence-electron chi connectivity index (χ2n) is 4.98. The minimum atomic E-state index is -3.07. The Bertz CT molecular complexity index is 327. The Morgan fingerprint density at radius 1 is 1.22 bits per heavy atom. The summed E-state index contributed by atoms with van der Waals surface area (Å²) in [6.07, 6.45) is 7.11. The summed E-state index contributed by atoms with van der Waals surface area (Å²) in [5.41, 5.74) is 0. The van der Waals surface area contributed by atoms with Crippen LogP contribution in [0.2, 0.25) is 0 Å². The van der Waals surface area contributed by atoms with Gasteiger partial charge in [0, 0.05) is 11.3 Å². The van der Waals surface area contributed by atoms with E-state index in [4.69, 9.17) is 0 Å². The molecule has 0 unspecified atom stereocenters. The van der Waals surface area contributed by atoms with Crippen molar-refractivity contribution in [2.24, 2.45) is 0 Å². The Morgan fingerprint density at radius 2 is 1.94 bits per heavy atom. The van der Waals surface area contributed by atoms with Crippen LogP contribution in [0.5, 0.6) is 0 Å². The highest BCUT2D eigenvalue weighted by Gasteiger charge is 2.42. The molecule has 0 atom stereocenters. The molecule has 6 heteroatoms. The molecule has 1 aliphatic rings. The predicted molar refractivity (Wildman–Crippen MR) is 79.7 cm³/mol. The molecule has 0 bridgehead atoms. The van der Waals surface area contributed by atoms with E-state index in [0.29, 0.717) is 6.54 Å². The van der Waals surface area contributed by atoms with Gasteiger partial charge in [-0.15, -0.1) is 0 Å². The van der Waals surface area contributed by atoms with Crippen LogP contribution >= 0.6 is 11.8 Å². The van der Waals surface area contributed by atoms with Gasteiger partial charge in [-0.1, -0.05) is 6.92 Å². The van der Waals surface area contributed by atoms with Gasteiger partial charge in [-0.05, 0) is 51.4 Å². The van der Waals surface area contributed by atoms with Crippen LogP contribution in [-0.2, 0) is 10.0 Å². The molecule has 0 aliphatic heterocycles. The summed E-state index contributed by atoms with van der Waals surface area (Å²) in [5, 5.41) is 3.28. The van der Waals surface area contributed by atoms with Gasteiger partial charge in [0.05, 0.1) is 5.75 Å². The molecular weight excluding hydrogens is 268 g/mol. The number of hydrogen-bond donors (Lipinski definition) is 2. The Morgan fingerprint density at radius 3 is 2.50 bits per heavy atom. The van der Waals surface area contributed by atoms with Gasteiger partial charge in [-0.3, -0.25) is 0 Å². The van der Waals surface area contributed by atoms with Gasteiger partial charge in [-0.2, -0.15) is 11.8 Å². The van der Waals surface area contributed by atoms with Crippen molar-refractivity contribution < 1.29 is 8.42 Å². The zero-order valence-corrected chi connectivity index (χ0v) is 13.1. The van der Waals surface area contributed by atoms with E-state index in [0.717, 1.165) is 45.2 Å². The van der Waals surface area contributed by atoms with Crippen molar-refractivity contribution in [3.63, 3.8) is 0 Å². The standard InChI is InChI=1S/C12H26N2O2S2/c1-3-8-13-9-4-5-10-18(15,16)14-11-12(17-2)6-7-12/h13-14H,3-11H2,1-2H3. The zero-order valence-electron chi connectivity index (χ0n) is 11.5. The maximum absolute atomic E-state index is 11.8. The summed E-state index contributed by atoms with van der Waals surface area (Å²) in [4.78, 5) is 0. The van der Waals surface area contributed by atoms with Crippen LogP contribution in [-0.4, -0.2) is 44.8 Å². The quantitative estimate of drug-likeness (QED) is 0.568. The summed E-state index contributed by atoms with van der Waals surface area (Å²) < 4.78 is 26.5. The molecule has 0 heterocycles. The summed E-state index contributed by atoms with van der Waals surface area (Å²) in [5.74, 6) is 0.255. The van der Waals surface area contributed by atoms with Gasteiger partial charge in [0.1, 0.15) is 0 Å². The number of thioether (sulfide) groups is 1. The van der Waals surface area contributed by atoms with E-state index in [1.807, 2.05) is 0 Å². The van der Waals surface area contributed by atoms with Crippen LogP contribution in [0.15, 0.2) is 0 Å². The van der Waals surface area contributed by atoms with Crippen molar-refractivity contribution in [3.05, 3.63) is 0 Å². The SMILES string of the molecule is CCCNCCCCS(=O)(=O)NCC1(SC)CC1. The third kappa shape index (κ3) is 6.41. The molecule has 2 N–H and O–H groups in total. The topological polar surface area (TPSA) is 58.2 Å². The van der Waals surface area contributed by atoms with Crippen LogP contribution in [0.1, 0.15) is 39.0 Å². The van der Waals surface area contributed by atoms with Crippen LogP contribution in [0.3, 0.4) is 0 Å². The van der Waals surface area contributed by atoms with Crippen molar-refractivity contribution in [3.8, 4) is 0 Å². The molecule has 1 rings (SSSR count). The van der Waals surface area contributed by atoms with Gasteiger partial charge in [0.25, 0.3) is 0 Å². The monoisotopic (exact) mass is 294 g/mol. The maximum Gasteiger partial charge on any atom is 0.211 e. The van der Waals surface area contributed by atoms with E-state index in [2.05, 4.69) is 23.2 Å². The van der Waals surface area contributed by atoms with E-state index in [9.17, 15) is 8.42 Å². The van der Waals surface area contributed by atoms with Gasteiger partial charge in [0.15, 0.2) is 0 Å². The Kier molecular flexibility index (Phi) is 6.98. The molecule has 0 amide bonds. The molecule has 4 nitrogen and oxygen atoms in total. The predicted octanol–water partition coefficient (Wildman–Crippen LogP) is 1.58. The number of nitrogens with one attached hydrogen (secondary N) is 2. The molecule has 0 aromatic heterocycles. The molecule has 0 radical (unpaired) electrons. The maximum atomic E-state index is 11.8. The fraction of sp³-hybridized carbons (Fsp3) is 1.00. The highest BCUT2D eigenvalue weighted by atomic mass is 32.2. The fourth-order valence-electron chi connectivity index (χ4n) is 1.75. The van der Waals surface area contributed by atoms with Crippen LogP contribution < -0.4 is 10.0 Å². The van der Waals surface area contributed by atoms with Crippen LogP contribution in [0.25, 0.3) is 0 Å². The van der Waals surface area contributed by atoms with E-state index in [1.165, 1.54) is 0 Å². The highest BCUT2D eigenvalue weighted by molar-refractivity contribution is 8.00. The first-order valence-electron chi connectivity index (χ1n) is 6.77. The first kappa shape index (κ1) is 16.3. The molecule has 0 saturated heterocycles. The third-order valence-electron chi connectivity index (χ3n) is 3.30. The normalized spacial score (nSPS) is 17.9. The summed E-state index contributed by atoms with van der Waals surface area (Å²) in [6.45, 7) is 4.66. The second-order valence-corrected chi connectivity index (χ2v) is 8.18. The molecule has 108 valence electrons. The average molecular weight is 294 g/mol. The lowest BCUT2D eigenvalue weighted by Crippen LogP contribution is -2.33. The zero-order chi connectivity index (χ0) is 13.5. The van der Waals surface area contributed by atoms with Crippen molar-refractivity contribution in [2.45, 2.75) is 43.8 Å². The lowest BCUT2D eigenvalue weighted by atomic mass is 10.3. The first-order valence-corrected chi connectivity index (χ1v) is 9.64. The Labute approximate surface area is 116 Å². The molecule has 1 aliphatic carbocycles. The van der Waals surface area contributed by atoms with Crippen molar-refractivity contribution in [1.29, 1.82) is 0 Å². The summed E-state index contributed by atoms with van der Waals surface area (Å²) in [7, 11) is -3.07. The molecule has 1 saturated carbocycles. The molecular formula is C12H26N2O2S2. The highest BCUT2D eigenvalue weighted by Crippen LogP contribution is 2.46. The summed E-state index contributed by atoms with van der Waals surface area (Å²) >= 11 is 1.78. The fourth-order valence-corrected chi connectivity index (χ4v) is 3.79. The lowest BCUT2D eigenvalue weighted by molar-refractivity contribution is 0.571. The van der Waals surface area contributed by atoms with Gasteiger partial charge >= 0.3 is 0 Å². The average Bonchev–Trinajstić information content (AvgIpc) is 3.12. The Hall–Kier alpha value is 0.220. The van der Waals surface area contributed by atoms with Crippen molar-refractivity contribution >= 4 is 21.8 Å². The number of unbranched alkanes of at least 4 members (excludes halogenated alkanes) is 1. The number of sulfonamides is 1. The lowest BCUT2D eigenvalue weighted by Gasteiger charge is -2.13. The van der Waals surface area contributed by atoms with Crippen molar-refractivity contribution in [1.82, 2.24) is 10.0 Å². The summed E-state index contributed by atoms with van der Waals surface area (Å²) in [6, 6.07) is 0. The smallest absolute Gasteiger partial charge is 0.211 e. The van der Waals surface area contributed by atoms with Gasteiger partial charge in [-0.25, -0.2) is 13.1 Å². The number of rotatable bonds is 11.